The van der Waals surface area contributed by atoms with Gasteiger partial charge in [0.2, 0.25) is 0 Å². The average molecular weight is 214 g/mol. The molecule has 88 valence electrons. The molecule has 0 N–H and O–H groups in total. The highest BCUT2D eigenvalue weighted by atomic mass is 16.6. The summed E-state index contributed by atoms with van der Waals surface area (Å²) in [6, 6.07) is 0. The summed E-state index contributed by atoms with van der Waals surface area (Å²) in [6.45, 7) is 2.22. The van der Waals surface area contributed by atoms with Gasteiger partial charge in [0.25, 0.3) is 0 Å². The van der Waals surface area contributed by atoms with E-state index in [9.17, 15) is 4.79 Å². The Morgan fingerprint density at radius 3 is 2.53 bits per heavy atom. The fourth-order valence-electron chi connectivity index (χ4n) is 1.81. The number of esters is 1. The highest BCUT2D eigenvalue weighted by Crippen LogP contribution is 2.28. The topological polar surface area (TPSA) is 38.8 Å². The molecule has 0 unspecified atom stereocenters. The molecule has 1 heterocycles. The highest BCUT2D eigenvalue weighted by Gasteiger charge is 2.45. The lowest BCUT2D eigenvalue weighted by molar-refractivity contribution is -0.142. The highest BCUT2D eigenvalue weighted by molar-refractivity contribution is 5.77. The van der Waals surface area contributed by atoms with E-state index in [-0.39, 0.29) is 18.2 Å². The molecule has 0 spiro atoms. The minimum atomic E-state index is -0.259. The molecule has 1 aliphatic heterocycles. The van der Waals surface area contributed by atoms with Gasteiger partial charge in [0.15, 0.2) is 6.10 Å². The van der Waals surface area contributed by atoms with Crippen molar-refractivity contribution in [2.75, 3.05) is 7.11 Å². The molecule has 3 nitrogen and oxygen atoms in total. The number of hydrogen-bond donors (Lipinski definition) is 0. The second-order valence-corrected chi connectivity index (χ2v) is 4.17. The molecule has 15 heavy (non-hydrogen) atoms. The van der Waals surface area contributed by atoms with E-state index in [1.54, 1.807) is 0 Å². The standard InChI is InChI=1S/C12H22O3/c1-3-4-5-6-7-8-9-10-11(15-10)12(13)14-2/h10-11H,3-9H2,1-2H3/t10-,11+/m0/s1. The Kier molecular flexibility index (Phi) is 5.69. The number of unbranched alkanes of at least 4 members (excludes halogenated alkanes) is 5. The van der Waals surface area contributed by atoms with Crippen LogP contribution in [0.1, 0.15) is 51.9 Å². The van der Waals surface area contributed by atoms with Gasteiger partial charge >= 0.3 is 5.97 Å². The van der Waals surface area contributed by atoms with Crippen molar-refractivity contribution in [1.29, 1.82) is 0 Å². The summed E-state index contributed by atoms with van der Waals surface area (Å²) < 4.78 is 9.82. The summed E-state index contributed by atoms with van der Waals surface area (Å²) in [4.78, 5) is 11.0. The van der Waals surface area contributed by atoms with Crippen LogP contribution < -0.4 is 0 Å². The van der Waals surface area contributed by atoms with E-state index in [1.165, 1.54) is 45.6 Å². The Morgan fingerprint density at radius 2 is 1.87 bits per heavy atom. The third-order valence-electron chi connectivity index (χ3n) is 2.86. The number of methoxy groups -OCH3 is 1. The quantitative estimate of drug-likeness (QED) is 0.354. The molecule has 0 aromatic rings. The summed E-state index contributed by atoms with van der Waals surface area (Å²) in [5, 5.41) is 0. The minimum absolute atomic E-state index is 0.142. The van der Waals surface area contributed by atoms with Gasteiger partial charge < -0.3 is 9.47 Å². The van der Waals surface area contributed by atoms with Crippen LogP contribution >= 0.6 is 0 Å². The fraction of sp³-hybridized carbons (Fsp3) is 0.917. The summed E-state index contributed by atoms with van der Waals surface area (Å²) in [7, 11) is 1.41. The number of carbonyl (C=O) groups excluding carboxylic acids is 1. The molecule has 1 fully saturated rings. The zero-order valence-electron chi connectivity index (χ0n) is 9.83. The predicted molar refractivity (Wildman–Crippen MR) is 58.7 cm³/mol. The molecule has 3 heteroatoms. The lowest BCUT2D eigenvalue weighted by Crippen LogP contribution is -2.11. The Balaban J connectivity index is 1.88. The third-order valence-corrected chi connectivity index (χ3v) is 2.86. The SMILES string of the molecule is CCCCCCCC[C@@H]1O[C@H]1C(=O)OC. The molecule has 2 atom stereocenters. The van der Waals surface area contributed by atoms with Crippen molar-refractivity contribution in [3.05, 3.63) is 0 Å². The van der Waals surface area contributed by atoms with E-state index in [0.717, 1.165) is 6.42 Å². The van der Waals surface area contributed by atoms with E-state index < -0.39 is 0 Å². The van der Waals surface area contributed by atoms with E-state index in [2.05, 4.69) is 11.7 Å². The maximum Gasteiger partial charge on any atom is 0.337 e. The molecule has 1 saturated heterocycles. The van der Waals surface area contributed by atoms with Crippen LogP contribution in [0.5, 0.6) is 0 Å². The monoisotopic (exact) mass is 214 g/mol. The summed E-state index contributed by atoms with van der Waals surface area (Å²) in [5.41, 5.74) is 0. The molecule has 0 aromatic heterocycles. The maximum atomic E-state index is 11.0. The molecule has 0 aromatic carbocycles. The average Bonchev–Trinajstić information content (AvgIpc) is 3.01. The molecule has 0 aliphatic carbocycles. The van der Waals surface area contributed by atoms with Crippen molar-refractivity contribution in [3.8, 4) is 0 Å². The first-order valence-electron chi connectivity index (χ1n) is 6.03. The normalized spacial score (nSPS) is 23.9. The van der Waals surface area contributed by atoms with Crippen molar-refractivity contribution in [3.63, 3.8) is 0 Å². The van der Waals surface area contributed by atoms with E-state index in [0.29, 0.717) is 0 Å². The largest absolute Gasteiger partial charge is 0.467 e. The molecule has 1 aliphatic rings. The second kappa shape index (κ2) is 6.83. The lowest BCUT2D eigenvalue weighted by Gasteiger charge is -1.98. The van der Waals surface area contributed by atoms with Crippen LogP contribution in [0.15, 0.2) is 0 Å². The first-order valence-corrected chi connectivity index (χ1v) is 6.03. The number of epoxide rings is 1. The van der Waals surface area contributed by atoms with Gasteiger partial charge in [-0.25, -0.2) is 4.79 Å². The van der Waals surface area contributed by atoms with Crippen molar-refractivity contribution in [1.82, 2.24) is 0 Å². The van der Waals surface area contributed by atoms with Gasteiger partial charge in [-0.1, -0.05) is 45.4 Å². The van der Waals surface area contributed by atoms with Gasteiger partial charge in [-0.2, -0.15) is 0 Å². The van der Waals surface area contributed by atoms with E-state index in [1.807, 2.05) is 0 Å². The van der Waals surface area contributed by atoms with Crippen LogP contribution in [0, 0.1) is 0 Å². The molecule has 1 rings (SSSR count). The first-order chi connectivity index (χ1) is 7.29. The number of rotatable bonds is 8. The summed E-state index contributed by atoms with van der Waals surface area (Å²) in [5.74, 6) is -0.217. The Labute approximate surface area is 92.1 Å². The fourth-order valence-corrected chi connectivity index (χ4v) is 1.81. The lowest BCUT2D eigenvalue weighted by atomic mass is 10.1. The predicted octanol–water partition coefficient (Wildman–Crippen LogP) is 2.68. The van der Waals surface area contributed by atoms with E-state index >= 15 is 0 Å². The van der Waals surface area contributed by atoms with Crippen molar-refractivity contribution < 1.29 is 14.3 Å². The van der Waals surface area contributed by atoms with Crippen molar-refractivity contribution in [2.45, 2.75) is 64.1 Å². The Morgan fingerprint density at radius 1 is 1.20 bits per heavy atom. The zero-order valence-corrected chi connectivity index (χ0v) is 9.83. The third kappa shape index (κ3) is 4.65. The number of hydrogen-bond acceptors (Lipinski definition) is 3. The maximum absolute atomic E-state index is 11.0. The van der Waals surface area contributed by atoms with Crippen LogP contribution in [0.4, 0.5) is 0 Å². The van der Waals surface area contributed by atoms with Crippen molar-refractivity contribution >= 4 is 5.97 Å². The van der Waals surface area contributed by atoms with Gasteiger partial charge in [0.05, 0.1) is 13.2 Å². The van der Waals surface area contributed by atoms with Gasteiger partial charge in [0.1, 0.15) is 0 Å². The molecule has 0 radical (unpaired) electrons. The zero-order chi connectivity index (χ0) is 11.1. The van der Waals surface area contributed by atoms with Crippen LogP contribution in [0.3, 0.4) is 0 Å². The van der Waals surface area contributed by atoms with Crippen LogP contribution in [0.2, 0.25) is 0 Å². The molecule has 0 bridgehead atoms. The number of ether oxygens (including phenoxy) is 2. The van der Waals surface area contributed by atoms with Gasteiger partial charge in [-0.15, -0.1) is 0 Å². The molecular formula is C12H22O3. The smallest absolute Gasteiger partial charge is 0.337 e. The molecule has 0 saturated carbocycles. The number of carbonyl (C=O) groups is 1. The Bertz CT molecular complexity index is 191. The van der Waals surface area contributed by atoms with E-state index in [4.69, 9.17) is 4.74 Å². The molecule has 0 amide bonds. The van der Waals surface area contributed by atoms with Gasteiger partial charge in [0, 0.05) is 0 Å². The molecular weight excluding hydrogens is 192 g/mol. The Hall–Kier alpha value is -0.570. The first kappa shape index (κ1) is 12.5. The van der Waals surface area contributed by atoms with Gasteiger partial charge in [-0.3, -0.25) is 0 Å². The summed E-state index contributed by atoms with van der Waals surface area (Å²) >= 11 is 0. The summed E-state index contributed by atoms with van der Waals surface area (Å²) in [6.07, 6.45) is 8.59. The van der Waals surface area contributed by atoms with Gasteiger partial charge in [-0.05, 0) is 6.42 Å². The van der Waals surface area contributed by atoms with Crippen molar-refractivity contribution in [2.24, 2.45) is 0 Å². The van der Waals surface area contributed by atoms with Crippen LogP contribution in [-0.4, -0.2) is 25.3 Å². The van der Waals surface area contributed by atoms with Crippen LogP contribution in [0.25, 0.3) is 0 Å². The minimum Gasteiger partial charge on any atom is -0.467 e. The second-order valence-electron chi connectivity index (χ2n) is 4.17. The van der Waals surface area contributed by atoms with Crippen LogP contribution in [-0.2, 0) is 14.3 Å².